The van der Waals surface area contributed by atoms with E-state index in [0.717, 1.165) is 64.1 Å². The molecule has 3 atom stereocenters. The number of aromatic nitrogens is 2. The van der Waals surface area contributed by atoms with Gasteiger partial charge in [-0.15, -0.1) is 0 Å². The summed E-state index contributed by atoms with van der Waals surface area (Å²) in [6, 6.07) is 0.543. The highest BCUT2D eigenvalue weighted by atomic mass is 16.2. The van der Waals surface area contributed by atoms with E-state index >= 15 is 0 Å². The van der Waals surface area contributed by atoms with Crippen LogP contribution in [0.15, 0.2) is 6.20 Å². The number of hydrogen-bond acceptors (Lipinski definition) is 6. The molecule has 184 valence electrons. The van der Waals surface area contributed by atoms with Crippen LogP contribution in [0.25, 0.3) is 0 Å². The van der Waals surface area contributed by atoms with Crippen molar-refractivity contribution < 1.29 is 4.79 Å². The first-order valence-electron chi connectivity index (χ1n) is 13.4. The molecule has 2 N–H and O–H groups in total. The van der Waals surface area contributed by atoms with Gasteiger partial charge >= 0.3 is 0 Å². The summed E-state index contributed by atoms with van der Waals surface area (Å²) < 4.78 is 0. The van der Waals surface area contributed by atoms with Crippen molar-refractivity contribution >= 4 is 11.9 Å². The summed E-state index contributed by atoms with van der Waals surface area (Å²) in [5, 5.41) is 0. The van der Waals surface area contributed by atoms with Crippen LogP contribution < -0.4 is 5.73 Å². The first-order valence-corrected chi connectivity index (χ1v) is 13.4. The molecule has 3 aliphatic rings. The molecule has 3 heterocycles. The smallest absolute Gasteiger partial charge is 0.222 e. The van der Waals surface area contributed by atoms with Crippen LogP contribution in [0.4, 0.5) is 5.95 Å². The van der Waals surface area contributed by atoms with Crippen LogP contribution in [-0.2, 0) is 17.6 Å². The Labute approximate surface area is 200 Å². The molecule has 0 spiro atoms. The van der Waals surface area contributed by atoms with Crippen molar-refractivity contribution in [2.75, 3.05) is 51.5 Å². The van der Waals surface area contributed by atoms with Crippen LogP contribution >= 0.6 is 0 Å². The first kappa shape index (κ1) is 24.4. The molecule has 1 aromatic rings. The van der Waals surface area contributed by atoms with Crippen LogP contribution in [0.3, 0.4) is 0 Å². The maximum absolute atomic E-state index is 13.3. The topological polar surface area (TPSA) is 78.6 Å². The Kier molecular flexibility index (Phi) is 8.58. The van der Waals surface area contributed by atoms with E-state index in [0.29, 0.717) is 36.2 Å². The van der Waals surface area contributed by atoms with Gasteiger partial charge in [-0.3, -0.25) is 9.69 Å². The number of likely N-dealkylation sites (N-methyl/N-ethyl adjacent to an activating group) is 1. The number of nitrogen functional groups attached to an aromatic ring is 1. The van der Waals surface area contributed by atoms with Gasteiger partial charge in [0.2, 0.25) is 11.9 Å². The number of nitrogens with zero attached hydrogens (tertiary/aromatic N) is 5. The standard InChI is InChI=1S/C26H44N6O/c1-3-9-32-19-20(14-21-16-23-22(17-24(21)32)18-28-26(27)29-23)15-25(33)31(4-2)13-12-30-10-7-5-6-8-11-30/h18,20-21,24H,3-17,19H2,1-2H3,(H2,27,28,29)/t20-,21-,24-/m1/s1. The van der Waals surface area contributed by atoms with E-state index in [1.807, 2.05) is 6.20 Å². The van der Waals surface area contributed by atoms with Gasteiger partial charge in [0.15, 0.2) is 0 Å². The lowest BCUT2D eigenvalue weighted by atomic mass is 9.73. The van der Waals surface area contributed by atoms with Crippen molar-refractivity contribution in [2.45, 2.75) is 77.7 Å². The molecule has 0 aromatic carbocycles. The largest absolute Gasteiger partial charge is 0.368 e. The second kappa shape index (κ2) is 11.6. The lowest BCUT2D eigenvalue weighted by molar-refractivity contribution is -0.133. The quantitative estimate of drug-likeness (QED) is 0.648. The third-order valence-electron chi connectivity index (χ3n) is 8.09. The van der Waals surface area contributed by atoms with Crippen LogP contribution in [0.1, 0.15) is 70.1 Å². The van der Waals surface area contributed by atoms with Gasteiger partial charge in [0.25, 0.3) is 0 Å². The molecule has 1 aliphatic carbocycles. The maximum Gasteiger partial charge on any atom is 0.222 e. The molecule has 7 nitrogen and oxygen atoms in total. The molecule has 0 saturated carbocycles. The lowest BCUT2D eigenvalue weighted by Crippen LogP contribution is -2.53. The van der Waals surface area contributed by atoms with Gasteiger partial charge in [0.1, 0.15) is 0 Å². The molecular weight excluding hydrogens is 412 g/mol. The van der Waals surface area contributed by atoms with Crippen molar-refractivity contribution in [2.24, 2.45) is 11.8 Å². The number of likely N-dealkylation sites (tertiary alicyclic amines) is 2. The summed E-state index contributed by atoms with van der Waals surface area (Å²) >= 11 is 0. The maximum atomic E-state index is 13.3. The van der Waals surface area contributed by atoms with Gasteiger partial charge in [0.05, 0.1) is 0 Å². The SMILES string of the molecule is CCCN1C[C@@H](CC(=O)N(CC)CCN2CCCCCC2)C[C@@H]2Cc3nc(N)ncc3C[C@H]21. The molecule has 7 heteroatoms. The number of carbonyl (C=O) groups excluding carboxylic acids is 1. The summed E-state index contributed by atoms with van der Waals surface area (Å²) in [6.07, 6.45) is 12.2. The van der Waals surface area contributed by atoms with Gasteiger partial charge in [-0.05, 0) is 82.5 Å². The lowest BCUT2D eigenvalue weighted by Gasteiger charge is -2.47. The molecule has 1 aromatic heterocycles. The molecule has 2 fully saturated rings. The average molecular weight is 457 g/mol. The van der Waals surface area contributed by atoms with Crippen LogP contribution in [0.2, 0.25) is 0 Å². The highest BCUT2D eigenvalue weighted by Crippen LogP contribution is 2.37. The van der Waals surface area contributed by atoms with E-state index in [1.165, 1.54) is 44.3 Å². The summed E-state index contributed by atoms with van der Waals surface area (Å²) in [7, 11) is 0. The van der Waals surface area contributed by atoms with E-state index in [-0.39, 0.29) is 0 Å². The van der Waals surface area contributed by atoms with E-state index in [1.54, 1.807) is 0 Å². The summed E-state index contributed by atoms with van der Waals surface area (Å²) in [5.41, 5.74) is 8.25. The third kappa shape index (κ3) is 6.24. The highest BCUT2D eigenvalue weighted by Gasteiger charge is 2.40. The van der Waals surface area contributed by atoms with Gasteiger partial charge in [-0.2, -0.15) is 0 Å². The molecule has 0 unspecified atom stereocenters. The Morgan fingerprint density at radius 1 is 1.15 bits per heavy atom. The second-order valence-electron chi connectivity index (χ2n) is 10.5. The fraction of sp³-hybridized carbons (Fsp3) is 0.808. The Hall–Kier alpha value is -1.73. The first-order chi connectivity index (χ1) is 16.1. The minimum atomic E-state index is 0.343. The van der Waals surface area contributed by atoms with E-state index in [4.69, 9.17) is 5.73 Å². The minimum Gasteiger partial charge on any atom is -0.368 e. The molecular formula is C26H44N6O. The predicted octanol–water partition coefficient (Wildman–Crippen LogP) is 2.99. The Morgan fingerprint density at radius 2 is 1.94 bits per heavy atom. The van der Waals surface area contributed by atoms with Crippen molar-refractivity contribution in [1.29, 1.82) is 0 Å². The van der Waals surface area contributed by atoms with Gasteiger partial charge in [-0.1, -0.05) is 19.8 Å². The fourth-order valence-electron chi connectivity index (χ4n) is 6.37. The molecule has 2 saturated heterocycles. The number of carbonyl (C=O) groups is 1. The highest BCUT2D eigenvalue weighted by molar-refractivity contribution is 5.76. The normalized spacial score (nSPS) is 26.3. The number of amides is 1. The van der Waals surface area contributed by atoms with Gasteiger partial charge < -0.3 is 15.5 Å². The van der Waals surface area contributed by atoms with Gasteiger partial charge in [-0.25, -0.2) is 9.97 Å². The number of rotatable bonds is 8. The number of hydrogen-bond donors (Lipinski definition) is 1. The molecule has 1 amide bonds. The molecule has 2 aliphatic heterocycles. The minimum absolute atomic E-state index is 0.343. The zero-order chi connectivity index (χ0) is 23.2. The molecule has 0 radical (unpaired) electrons. The zero-order valence-electron chi connectivity index (χ0n) is 20.8. The van der Waals surface area contributed by atoms with Crippen molar-refractivity contribution in [3.63, 3.8) is 0 Å². The van der Waals surface area contributed by atoms with E-state index in [2.05, 4.69) is 38.5 Å². The third-order valence-corrected chi connectivity index (χ3v) is 8.09. The Morgan fingerprint density at radius 3 is 2.67 bits per heavy atom. The number of nitrogens with two attached hydrogens (primary N) is 1. The summed E-state index contributed by atoms with van der Waals surface area (Å²) in [6.45, 7) is 11.6. The average Bonchev–Trinajstić information content (AvgIpc) is 3.07. The van der Waals surface area contributed by atoms with Crippen LogP contribution in [0, 0.1) is 11.8 Å². The van der Waals surface area contributed by atoms with Crippen molar-refractivity contribution in [3.05, 3.63) is 17.5 Å². The van der Waals surface area contributed by atoms with E-state index < -0.39 is 0 Å². The number of anilines is 1. The molecule has 33 heavy (non-hydrogen) atoms. The van der Waals surface area contributed by atoms with E-state index in [9.17, 15) is 4.79 Å². The predicted molar refractivity (Wildman–Crippen MR) is 133 cm³/mol. The van der Waals surface area contributed by atoms with Crippen molar-refractivity contribution in [1.82, 2.24) is 24.7 Å². The summed E-state index contributed by atoms with van der Waals surface area (Å²) in [5.74, 6) is 1.70. The summed E-state index contributed by atoms with van der Waals surface area (Å²) in [4.78, 5) is 29.4. The van der Waals surface area contributed by atoms with Gasteiger partial charge in [0, 0.05) is 50.5 Å². The number of piperidine rings is 1. The Bertz CT molecular complexity index is 778. The fourth-order valence-corrected chi connectivity index (χ4v) is 6.37. The second-order valence-corrected chi connectivity index (χ2v) is 10.5. The van der Waals surface area contributed by atoms with Crippen LogP contribution in [-0.4, -0.2) is 82.4 Å². The zero-order valence-corrected chi connectivity index (χ0v) is 20.8. The van der Waals surface area contributed by atoms with Crippen molar-refractivity contribution in [3.8, 4) is 0 Å². The monoisotopic (exact) mass is 456 g/mol. The molecule has 0 bridgehead atoms. The Balaban J connectivity index is 1.36. The number of fused-ring (bicyclic) bond motifs is 2. The van der Waals surface area contributed by atoms with Crippen LogP contribution in [0.5, 0.6) is 0 Å². The molecule has 4 rings (SSSR count).